The number of alkyl halides is 1. The van der Waals surface area contributed by atoms with Gasteiger partial charge in [0.1, 0.15) is 5.82 Å². The molecule has 0 N–H and O–H groups in total. The minimum atomic E-state index is -0.162. The number of halogens is 2. The molecule has 1 rings (SSSR count). The molecule has 0 aromatic heterocycles. The molecule has 1 aromatic rings. The van der Waals surface area contributed by atoms with Crippen LogP contribution in [-0.2, 0) is 0 Å². The second-order valence-electron chi connectivity index (χ2n) is 1.80. The molecule has 0 nitrogen and oxygen atoms in total. The van der Waals surface area contributed by atoms with Crippen LogP contribution in [0.5, 0.6) is 0 Å². The SMILES string of the molecule is CF.Cc1cccc(F)c1. The second kappa shape index (κ2) is 4.91. The molecule has 56 valence electrons. The van der Waals surface area contributed by atoms with Crippen molar-refractivity contribution in [3.8, 4) is 0 Å². The molecule has 0 saturated heterocycles. The molecule has 0 radical (unpaired) electrons. The van der Waals surface area contributed by atoms with Crippen LogP contribution in [0.1, 0.15) is 5.56 Å². The van der Waals surface area contributed by atoms with Crippen molar-refractivity contribution < 1.29 is 8.78 Å². The maximum Gasteiger partial charge on any atom is 0.123 e. The zero-order valence-corrected chi connectivity index (χ0v) is 6.07. The van der Waals surface area contributed by atoms with Crippen LogP contribution in [0.3, 0.4) is 0 Å². The molecule has 0 bridgehead atoms. The van der Waals surface area contributed by atoms with Gasteiger partial charge in [-0.3, -0.25) is 4.39 Å². The summed E-state index contributed by atoms with van der Waals surface area (Å²) in [7, 11) is 0.500. The van der Waals surface area contributed by atoms with Crippen molar-refractivity contribution in [1.82, 2.24) is 0 Å². The fraction of sp³-hybridized carbons (Fsp3) is 0.250. The Morgan fingerprint density at radius 2 is 1.80 bits per heavy atom. The van der Waals surface area contributed by atoms with Crippen molar-refractivity contribution in [2.24, 2.45) is 0 Å². The molecule has 1 aromatic carbocycles. The molecule has 10 heavy (non-hydrogen) atoms. The molecule has 0 unspecified atom stereocenters. The predicted octanol–water partition coefficient (Wildman–Crippen LogP) is 2.72. The largest absolute Gasteiger partial charge is 0.255 e. The fourth-order valence-corrected chi connectivity index (χ4v) is 0.606. The van der Waals surface area contributed by atoms with Crippen LogP contribution in [0.25, 0.3) is 0 Å². The summed E-state index contributed by atoms with van der Waals surface area (Å²) in [4.78, 5) is 0. The maximum absolute atomic E-state index is 12.2. The first-order valence-corrected chi connectivity index (χ1v) is 2.89. The summed E-state index contributed by atoms with van der Waals surface area (Å²) in [6.07, 6.45) is 0. The van der Waals surface area contributed by atoms with E-state index in [1.807, 2.05) is 13.0 Å². The lowest BCUT2D eigenvalue weighted by Gasteiger charge is -1.87. The van der Waals surface area contributed by atoms with Gasteiger partial charge in [0.2, 0.25) is 0 Å². The van der Waals surface area contributed by atoms with Crippen molar-refractivity contribution >= 4 is 0 Å². The molecular weight excluding hydrogens is 134 g/mol. The Bertz CT molecular complexity index is 167. The summed E-state index contributed by atoms with van der Waals surface area (Å²) in [6.45, 7) is 1.86. The average molecular weight is 144 g/mol. The highest BCUT2D eigenvalue weighted by molar-refractivity contribution is 5.13. The normalized spacial score (nSPS) is 8.00. The third-order valence-corrected chi connectivity index (χ3v) is 0.980. The Labute approximate surface area is 59.5 Å². The Hall–Kier alpha value is -0.920. The van der Waals surface area contributed by atoms with Gasteiger partial charge in [-0.1, -0.05) is 12.1 Å². The lowest BCUT2D eigenvalue weighted by molar-refractivity contribution is 0.626. The number of rotatable bonds is 0. The second-order valence-corrected chi connectivity index (χ2v) is 1.80. The zero-order chi connectivity index (χ0) is 7.98. The number of benzene rings is 1. The molecule has 0 spiro atoms. The van der Waals surface area contributed by atoms with Gasteiger partial charge in [-0.15, -0.1) is 0 Å². The van der Waals surface area contributed by atoms with E-state index in [1.165, 1.54) is 12.1 Å². The summed E-state index contributed by atoms with van der Waals surface area (Å²) in [5.41, 5.74) is 0.963. The third kappa shape index (κ3) is 3.17. The Balaban J connectivity index is 0.000000371. The third-order valence-electron chi connectivity index (χ3n) is 0.980. The molecule has 0 amide bonds. The quantitative estimate of drug-likeness (QED) is 0.525. The molecule has 0 saturated carbocycles. The van der Waals surface area contributed by atoms with E-state index >= 15 is 0 Å². The van der Waals surface area contributed by atoms with Crippen molar-refractivity contribution in [3.05, 3.63) is 35.6 Å². The summed E-state index contributed by atoms with van der Waals surface area (Å²) in [5.74, 6) is -0.162. The van der Waals surface area contributed by atoms with Gasteiger partial charge in [-0.25, -0.2) is 4.39 Å². The van der Waals surface area contributed by atoms with Gasteiger partial charge in [0.05, 0.1) is 7.18 Å². The standard InChI is InChI=1S/C7H7F.CH3F/c1-6-3-2-4-7(8)5-6;1-2/h2-5H,1H3;1H3. The van der Waals surface area contributed by atoms with Crippen molar-refractivity contribution in [1.29, 1.82) is 0 Å². The summed E-state index contributed by atoms with van der Waals surface area (Å²) >= 11 is 0. The van der Waals surface area contributed by atoms with E-state index in [0.29, 0.717) is 7.18 Å². The van der Waals surface area contributed by atoms with Crippen LogP contribution < -0.4 is 0 Å². The van der Waals surface area contributed by atoms with Crippen LogP contribution in [0, 0.1) is 12.7 Å². The number of hydrogen-bond donors (Lipinski definition) is 0. The van der Waals surface area contributed by atoms with Crippen LogP contribution in [0.15, 0.2) is 24.3 Å². The predicted molar refractivity (Wildman–Crippen MR) is 38.2 cm³/mol. The first-order chi connectivity index (χ1) is 4.79. The van der Waals surface area contributed by atoms with Crippen molar-refractivity contribution in [3.63, 3.8) is 0 Å². The monoisotopic (exact) mass is 144 g/mol. The number of hydrogen-bond acceptors (Lipinski definition) is 0. The topological polar surface area (TPSA) is 0 Å². The number of aryl methyl sites for hydroxylation is 1. The van der Waals surface area contributed by atoms with Gasteiger partial charge < -0.3 is 0 Å². The molecule has 0 fully saturated rings. The Morgan fingerprint density at radius 3 is 2.10 bits per heavy atom. The highest BCUT2D eigenvalue weighted by atomic mass is 19.1. The first-order valence-electron chi connectivity index (χ1n) is 2.89. The van der Waals surface area contributed by atoms with Crippen molar-refractivity contribution in [2.75, 3.05) is 7.18 Å². The van der Waals surface area contributed by atoms with Crippen LogP contribution >= 0.6 is 0 Å². The van der Waals surface area contributed by atoms with Crippen LogP contribution in [-0.4, -0.2) is 7.18 Å². The minimum absolute atomic E-state index is 0.162. The first kappa shape index (κ1) is 9.08. The molecule has 0 heterocycles. The highest BCUT2D eigenvalue weighted by Crippen LogP contribution is 1.99. The van der Waals surface area contributed by atoms with Crippen molar-refractivity contribution in [2.45, 2.75) is 6.92 Å². The fourth-order valence-electron chi connectivity index (χ4n) is 0.606. The Morgan fingerprint density at radius 1 is 1.20 bits per heavy atom. The molecule has 0 aliphatic heterocycles. The minimum Gasteiger partial charge on any atom is -0.255 e. The van der Waals surface area contributed by atoms with E-state index in [1.54, 1.807) is 6.07 Å². The maximum atomic E-state index is 12.2. The smallest absolute Gasteiger partial charge is 0.123 e. The summed E-state index contributed by atoms with van der Waals surface area (Å²) in [6, 6.07) is 6.50. The van der Waals surface area contributed by atoms with Gasteiger partial charge in [-0.05, 0) is 24.6 Å². The van der Waals surface area contributed by atoms with Gasteiger partial charge >= 0.3 is 0 Å². The summed E-state index contributed by atoms with van der Waals surface area (Å²) in [5, 5.41) is 0. The molecule has 0 atom stereocenters. The molecule has 0 aliphatic carbocycles. The van der Waals surface area contributed by atoms with E-state index in [0.717, 1.165) is 5.56 Å². The van der Waals surface area contributed by atoms with E-state index in [4.69, 9.17) is 0 Å². The van der Waals surface area contributed by atoms with Gasteiger partial charge in [0.15, 0.2) is 0 Å². The van der Waals surface area contributed by atoms with E-state index < -0.39 is 0 Å². The lowest BCUT2D eigenvalue weighted by Crippen LogP contribution is -1.72. The molecule has 2 heteroatoms. The highest BCUT2D eigenvalue weighted by Gasteiger charge is 1.84. The van der Waals surface area contributed by atoms with E-state index in [-0.39, 0.29) is 5.82 Å². The van der Waals surface area contributed by atoms with Crippen LogP contribution in [0.4, 0.5) is 8.78 Å². The average Bonchev–Trinajstić information content (AvgIpc) is 1.91. The molecule has 0 aliphatic rings. The summed E-state index contributed by atoms with van der Waals surface area (Å²) < 4.78 is 21.7. The zero-order valence-electron chi connectivity index (χ0n) is 6.07. The van der Waals surface area contributed by atoms with Crippen LogP contribution in [0.2, 0.25) is 0 Å². The van der Waals surface area contributed by atoms with Gasteiger partial charge in [0, 0.05) is 0 Å². The molecular formula is C8H10F2. The van der Waals surface area contributed by atoms with Gasteiger partial charge in [-0.2, -0.15) is 0 Å². The lowest BCUT2D eigenvalue weighted by atomic mass is 10.2. The van der Waals surface area contributed by atoms with E-state index in [9.17, 15) is 8.78 Å². The van der Waals surface area contributed by atoms with Gasteiger partial charge in [0.25, 0.3) is 0 Å². The Kier molecular flexibility index (Phi) is 4.46. The van der Waals surface area contributed by atoms with E-state index in [2.05, 4.69) is 0 Å².